The van der Waals surface area contributed by atoms with Crippen molar-refractivity contribution in [1.29, 1.82) is 0 Å². The smallest absolute Gasteiger partial charge is 0.462 e. The number of esters is 2. The van der Waals surface area contributed by atoms with E-state index in [1.807, 2.05) is 0 Å². The fourth-order valence-corrected chi connectivity index (χ4v) is 8.59. The molecule has 2 fully saturated rings. The summed E-state index contributed by atoms with van der Waals surface area (Å²) in [4.78, 5) is 54.3. The van der Waals surface area contributed by atoms with E-state index in [9.17, 15) is 53.8 Å². The zero-order valence-electron chi connectivity index (χ0n) is 37.9. The average molecular weight is 953 g/mol. The molecule has 1 saturated carbocycles. The Bertz CT molecular complexity index is 1500. The fraction of sp³-hybridized carbons (Fsp3) is 0.778. The number of phosphoric ester groups is 2. The van der Waals surface area contributed by atoms with Gasteiger partial charge in [-0.3, -0.25) is 23.2 Å². The standard InChI is InChI=1S/C45H78O17P2/c1-3-5-7-9-11-13-15-17-19-21-23-25-27-31-38(46)57-33-35(34-58-64(55,56)62-45-42(50)40(48)41(49)44(43(45)51)61-63(52,53)54)59-39(47)32-28-30-37-36(60-37)29-26-24-22-20-18-16-14-12-10-8-6-4-2/h12-15,18,20,24,26,35-37,40-45,48-51H,3-11,16-17,19,21-23,25,27-34H2,1-2H3,(H,55,56)(H2,52,53,54)/b14-12-,15-13-,20-18-,26-24-/t35-,36?,37?,40?,41?,42?,43?,44-,45+/m1/s1. The maximum atomic E-state index is 13.0. The van der Waals surface area contributed by atoms with E-state index in [4.69, 9.17) is 23.3 Å². The Morgan fingerprint density at radius 3 is 1.73 bits per heavy atom. The van der Waals surface area contributed by atoms with E-state index < -0.39 is 83.5 Å². The molecule has 19 heteroatoms. The normalized spacial score (nSPS) is 25.4. The van der Waals surface area contributed by atoms with Crippen LogP contribution < -0.4 is 0 Å². The highest BCUT2D eigenvalue weighted by Gasteiger charge is 2.54. The molecule has 0 amide bonds. The van der Waals surface area contributed by atoms with Gasteiger partial charge in [0.1, 0.15) is 43.2 Å². The van der Waals surface area contributed by atoms with Crippen LogP contribution in [-0.4, -0.2) is 115 Å². The molecule has 7 N–H and O–H groups in total. The zero-order chi connectivity index (χ0) is 47.2. The molecule has 10 atom stereocenters. The van der Waals surface area contributed by atoms with Gasteiger partial charge in [-0.2, -0.15) is 0 Å². The molecule has 0 aromatic rings. The van der Waals surface area contributed by atoms with Gasteiger partial charge in [0.25, 0.3) is 0 Å². The molecule has 0 aromatic carbocycles. The van der Waals surface area contributed by atoms with Gasteiger partial charge in [0, 0.05) is 12.8 Å². The predicted octanol–water partition coefficient (Wildman–Crippen LogP) is 7.49. The third kappa shape index (κ3) is 26.9. The third-order valence-corrected chi connectivity index (χ3v) is 12.3. The van der Waals surface area contributed by atoms with Crippen molar-refractivity contribution in [3.8, 4) is 0 Å². The van der Waals surface area contributed by atoms with E-state index in [-0.39, 0.29) is 25.0 Å². The van der Waals surface area contributed by atoms with Crippen LogP contribution in [0, 0.1) is 0 Å². The number of carbonyl (C=O) groups is 2. The summed E-state index contributed by atoms with van der Waals surface area (Å²) < 4.78 is 55.1. The van der Waals surface area contributed by atoms with E-state index in [1.54, 1.807) is 0 Å². The van der Waals surface area contributed by atoms with Gasteiger partial charge in [-0.25, -0.2) is 9.13 Å². The zero-order valence-corrected chi connectivity index (χ0v) is 39.7. The summed E-state index contributed by atoms with van der Waals surface area (Å²) in [6.07, 6.45) is 22.3. The number of hydrogen-bond donors (Lipinski definition) is 7. The molecule has 1 saturated heterocycles. The second-order valence-corrected chi connectivity index (χ2v) is 19.1. The lowest BCUT2D eigenvalue weighted by Gasteiger charge is -2.43. The lowest BCUT2D eigenvalue weighted by Crippen LogP contribution is -2.64. The quantitative estimate of drug-likeness (QED) is 0.0104. The summed E-state index contributed by atoms with van der Waals surface area (Å²) in [6, 6.07) is 0. The molecule has 64 heavy (non-hydrogen) atoms. The summed E-state index contributed by atoms with van der Waals surface area (Å²) in [5, 5.41) is 41.2. The van der Waals surface area contributed by atoms with Gasteiger partial charge >= 0.3 is 27.6 Å². The van der Waals surface area contributed by atoms with Crippen molar-refractivity contribution < 1.29 is 81.6 Å². The van der Waals surface area contributed by atoms with E-state index in [0.29, 0.717) is 19.3 Å². The second kappa shape index (κ2) is 33.4. The molecule has 1 aliphatic heterocycles. The molecule has 0 radical (unpaired) electrons. The van der Waals surface area contributed by atoms with Crippen molar-refractivity contribution in [2.24, 2.45) is 0 Å². The van der Waals surface area contributed by atoms with Crippen LogP contribution in [0.3, 0.4) is 0 Å². The van der Waals surface area contributed by atoms with Crippen LogP contribution in [-0.2, 0) is 46.5 Å². The molecule has 0 spiro atoms. The van der Waals surface area contributed by atoms with Crippen LogP contribution in [0.25, 0.3) is 0 Å². The fourth-order valence-electron chi connectivity index (χ4n) is 7.05. The summed E-state index contributed by atoms with van der Waals surface area (Å²) >= 11 is 0. The van der Waals surface area contributed by atoms with Gasteiger partial charge in [0.05, 0.1) is 18.8 Å². The lowest BCUT2D eigenvalue weighted by molar-refractivity contribution is -0.216. The third-order valence-electron chi connectivity index (χ3n) is 10.8. The van der Waals surface area contributed by atoms with Crippen molar-refractivity contribution in [3.63, 3.8) is 0 Å². The Morgan fingerprint density at radius 1 is 0.578 bits per heavy atom. The first-order valence-corrected chi connectivity index (χ1v) is 26.3. The van der Waals surface area contributed by atoms with Gasteiger partial charge in [0.2, 0.25) is 0 Å². The van der Waals surface area contributed by atoms with Crippen LogP contribution in [0.5, 0.6) is 0 Å². The maximum absolute atomic E-state index is 13.0. The minimum absolute atomic E-state index is 0.0120. The number of rotatable bonds is 37. The molecular weight excluding hydrogens is 874 g/mol. The lowest BCUT2D eigenvalue weighted by atomic mass is 9.85. The van der Waals surface area contributed by atoms with Gasteiger partial charge in [0.15, 0.2) is 6.10 Å². The number of hydrogen-bond acceptors (Lipinski definition) is 14. The van der Waals surface area contributed by atoms with Crippen LogP contribution in [0.15, 0.2) is 48.6 Å². The summed E-state index contributed by atoms with van der Waals surface area (Å²) in [6.45, 7) is 2.98. The van der Waals surface area contributed by atoms with E-state index in [0.717, 1.165) is 64.2 Å². The van der Waals surface area contributed by atoms with Gasteiger partial charge in [-0.05, 0) is 77.0 Å². The molecule has 0 aromatic heterocycles. The number of carbonyl (C=O) groups excluding carboxylic acids is 2. The molecule has 17 nitrogen and oxygen atoms in total. The van der Waals surface area contributed by atoms with Crippen molar-refractivity contribution in [1.82, 2.24) is 0 Å². The van der Waals surface area contributed by atoms with E-state index in [1.165, 1.54) is 44.9 Å². The highest BCUT2D eigenvalue weighted by atomic mass is 31.2. The van der Waals surface area contributed by atoms with Crippen molar-refractivity contribution in [2.45, 2.75) is 210 Å². The second-order valence-electron chi connectivity index (χ2n) is 16.5. The molecule has 2 aliphatic rings. The van der Waals surface area contributed by atoms with E-state index >= 15 is 0 Å². The largest absolute Gasteiger partial charge is 0.472 e. The Hall–Kier alpha value is -2.08. The highest BCUT2D eigenvalue weighted by Crippen LogP contribution is 2.49. The molecule has 1 heterocycles. The molecule has 370 valence electrons. The van der Waals surface area contributed by atoms with E-state index in [2.05, 4.69) is 67.0 Å². The first kappa shape index (κ1) is 58.0. The number of phosphoric acid groups is 2. The minimum Gasteiger partial charge on any atom is -0.462 e. The molecule has 1 aliphatic carbocycles. The molecule has 7 unspecified atom stereocenters. The first-order valence-electron chi connectivity index (χ1n) is 23.3. The summed E-state index contributed by atoms with van der Waals surface area (Å²) in [5.74, 6) is -1.29. The van der Waals surface area contributed by atoms with Gasteiger partial charge in [-0.1, -0.05) is 114 Å². The maximum Gasteiger partial charge on any atom is 0.472 e. The molecule has 0 bridgehead atoms. The predicted molar refractivity (Wildman–Crippen MR) is 241 cm³/mol. The Balaban J connectivity index is 1.85. The number of epoxide rings is 1. The SMILES string of the molecule is CCCCC/C=C\C/C=C\C/C=C\CC1OC1CCCC(=O)O[C@H](COC(=O)CCCCCCC/C=C\CCCCCC)COP(=O)(O)O[C@H]1C(O)C(O)C(O)[C@@H](OP(=O)(O)O)C1O. The molecule has 2 rings (SSSR count). The van der Waals surface area contributed by atoms with Crippen LogP contribution >= 0.6 is 15.6 Å². The van der Waals surface area contributed by atoms with Crippen LogP contribution in [0.1, 0.15) is 155 Å². The summed E-state index contributed by atoms with van der Waals surface area (Å²) in [7, 11) is -10.7. The topological polar surface area (TPSA) is 269 Å². The monoisotopic (exact) mass is 952 g/mol. The Labute approximate surface area is 380 Å². The minimum atomic E-state index is -5.37. The van der Waals surface area contributed by atoms with Gasteiger partial charge < -0.3 is 49.3 Å². The van der Waals surface area contributed by atoms with Crippen molar-refractivity contribution in [2.75, 3.05) is 13.2 Å². The number of aliphatic hydroxyl groups excluding tert-OH is 4. The number of unbranched alkanes of at least 4 members (excludes halogenated alkanes) is 12. The Kier molecular flexibility index (Phi) is 30.3. The van der Waals surface area contributed by atoms with Crippen molar-refractivity contribution >= 4 is 27.6 Å². The Morgan fingerprint density at radius 2 is 1.09 bits per heavy atom. The first-order chi connectivity index (χ1) is 30.6. The molecular formula is C45H78O17P2. The average Bonchev–Trinajstić information content (AvgIpc) is 4.00. The number of allylic oxidation sites excluding steroid dienone is 7. The number of ether oxygens (including phenoxy) is 3. The highest BCUT2D eigenvalue weighted by molar-refractivity contribution is 7.47. The van der Waals surface area contributed by atoms with Crippen molar-refractivity contribution in [3.05, 3.63) is 48.6 Å². The van der Waals surface area contributed by atoms with Crippen LogP contribution in [0.4, 0.5) is 0 Å². The van der Waals surface area contributed by atoms with Gasteiger partial charge in [-0.15, -0.1) is 0 Å². The van der Waals surface area contributed by atoms with Crippen LogP contribution in [0.2, 0.25) is 0 Å². The summed E-state index contributed by atoms with van der Waals surface area (Å²) in [5.41, 5.74) is 0. The number of aliphatic hydroxyl groups is 4.